The average molecular weight is 352 g/mol. The van der Waals surface area contributed by atoms with Crippen molar-refractivity contribution in [2.75, 3.05) is 17.7 Å². The topological polar surface area (TPSA) is 84.5 Å². The highest BCUT2D eigenvalue weighted by atomic mass is 16.5. The molecule has 2 N–H and O–H groups in total. The lowest BCUT2D eigenvalue weighted by Gasteiger charge is -2.17. The Hall–Kier alpha value is -3.15. The smallest absolute Gasteiger partial charge is 0.339 e. The van der Waals surface area contributed by atoms with Gasteiger partial charge in [-0.3, -0.25) is 9.59 Å². The van der Waals surface area contributed by atoms with Crippen molar-refractivity contribution >= 4 is 29.2 Å². The van der Waals surface area contributed by atoms with Crippen LogP contribution < -0.4 is 10.6 Å². The third kappa shape index (κ3) is 3.44. The molecule has 0 unspecified atom stereocenters. The highest BCUT2D eigenvalue weighted by molar-refractivity contribution is 6.17. The SMILES string of the molecule is COC(=O)c1ccccc1NC(=O)C1(C(=O)Nc2ccc(C)cc2)CC1. The molecule has 134 valence electrons. The van der Waals surface area contributed by atoms with Crippen LogP contribution in [0, 0.1) is 12.3 Å². The van der Waals surface area contributed by atoms with Crippen LogP contribution in [-0.4, -0.2) is 24.9 Å². The fourth-order valence-electron chi connectivity index (χ4n) is 2.69. The minimum absolute atomic E-state index is 0.248. The summed E-state index contributed by atoms with van der Waals surface area (Å²) in [6, 6.07) is 13.9. The first-order valence-electron chi connectivity index (χ1n) is 8.33. The lowest BCUT2D eigenvalue weighted by atomic mass is 10.0. The van der Waals surface area contributed by atoms with Crippen molar-refractivity contribution in [1.29, 1.82) is 0 Å². The summed E-state index contributed by atoms with van der Waals surface area (Å²) in [5, 5.41) is 5.50. The number of hydrogen-bond donors (Lipinski definition) is 2. The first-order chi connectivity index (χ1) is 12.5. The Morgan fingerprint density at radius 3 is 2.15 bits per heavy atom. The fraction of sp³-hybridized carbons (Fsp3) is 0.250. The minimum Gasteiger partial charge on any atom is -0.465 e. The van der Waals surface area contributed by atoms with E-state index in [9.17, 15) is 14.4 Å². The van der Waals surface area contributed by atoms with Crippen LogP contribution in [0.2, 0.25) is 0 Å². The number of carbonyl (C=O) groups excluding carboxylic acids is 3. The van der Waals surface area contributed by atoms with Gasteiger partial charge >= 0.3 is 5.97 Å². The van der Waals surface area contributed by atoms with E-state index < -0.39 is 17.3 Å². The Morgan fingerprint density at radius 2 is 1.54 bits per heavy atom. The number of carbonyl (C=O) groups is 3. The maximum absolute atomic E-state index is 12.7. The van der Waals surface area contributed by atoms with Crippen LogP contribution in [0.3, 0.4) is 0 Å². The molecule has 1 aliphatic rings. The van der Waals surface area contributed by atoms with Crippen LogP contribution in [-0.2, 0) is 14.3 Å². The van der Waals surface area contributed by atoms with Gasteiger partial charge in [-0.2, -0.15) is 0 Å². The first-order valence-corrected chi connectivity index (χ1v) is 8.33. The maximum Gasteiger partial charge on any atom is 0.339 e. The average Bonchev–Trinajstić information content (AvgIpc) is 3.45. The molecule has 0 heterocycles. The van der Waals surface area contributed by atoms with Crippen LogP contribution in [0.4, 0.5) is 11.4 Å². The van der Waals surface area contributed by atoms with Crippen molar-refractivity contribution in [3.8, 4) is 0 Å². The van der Waals surface area contributed by atoms with E-state index >= 15 is 0 Å². The highest BCUT2D eigenvalue weighted by Crippen LogP contribution is 2.47. The van der Waals surface area contributed by atoms with Gasteiger partial charge in [-0.05, 0) is 44.0 Å². The van der Waals surface area contributed by atoms with Gasteiger partial charge in [-0.25, -0.2) is 4.79 Å². The van der Waals surface area contributed by atoms with Crippen molar-refractivity contribution in [2.45, 2.75) is 19.8 Å². The van der Waals surface area contributed by atoms with Crippen molar-refractivity contribution in [2.24, 2.45) is 5.41 Å². The molecule has 1 fully saturated rings. The zero-order valence-electron chi connectivity index (χ0n) is 14.7. The first kappa shape index (κ1) is 17.7. The second-order valence-corrected chi connectivity index (χ2v) is 6.39. The standard InChI is InChI=1S/C20H20N2O4/c1-13-7-9-14(10-8-13)21-18(24)20(11-12-20)19(25)22-16-6-4-3-5-15(16)17(23)26-2/h3-10H,11-12H2,1-2H3,(H,21,24)(H,22,25). The van der Waals surface area contributed by atoms with Crippen molar-refractivity contribution in [3.05, 3.63) is 59.7 Å². The van der Waals surface area contributed by atoms with E-state index in [1.807, 2.05) is 19.1 Å². The Bertz CT molecular complexity index is 854. The largest absolute Gasteiger partial charge is 0.465 e. The summed E-state index contributed by atoms with van der Waals surface area (Å²) in [7, 11) is 1.28. The van der Waals surface area contributed by atoms with Crippen molar-refractivity contribution in [3.63, 3.8) is 0 Å². The van der Waals surface area contributed by atoms with Gasteiger partial charge in [-0.15, -0.1) is 0 Å². The zero-order valence-corrected chi connectivity index (χ0v) is 14.7. The highest BCUT2D eigenvalue weighted by Gasteiger charge is 2.56. The summed E-state index contributed by atoms with van der Waals surface area (Å²) in [5.74, 6) is -1.30. The number of anilines is 2. The number of ether oxygens (including phenoxy) is 1. The number of esters is 1. The number of rotatable bonds is 5. The number of nitrogens with one attached hydrogen (secondary N) is 2. The van der Waals surface area contributed by atoms with Gasteiger partial charge in [0.05, 0.1) is 18.4 Å². The number of benzene rings is 2. The number of amides is 2. The third-order valence-corrected chi connectivity index (χ3v) is 4.51. The molecule has 0 spiro atoms. The molecule has 1 saturated carbocycles. The number of hydrogen-bond acceptors (Lipinski definition) is 4. The summed E-state index contributed by atoms with van der Waals surface area (Å²) >= 11 is 0. The molecule has 2 amide bonds. The predicted octanol–water partition coefficient (Wildman–Crippen LogP) is 3.14. The molecule has 0 aliphatic heterocycles. The molecule has 1 aliphatic carbocycles. The summed E-state index contributed by atoms with van der Waals surface area (Å²) in [6.45, 7) is 1.96. The molecule has 0 atom stereocenters. The monoisotopic (exact) mass is 352 g/mol. The van der Waals surface area contributed by atoms with E-state index in [-0.39, 0.29) is 11.5 Å². The zero-order chi connectivity index (χ0) is 18.7. The molecule has 3 rings (SSSR count). The van der Waals surface area contributed by atoms with Gasteiger partial charge in [0.25, 0.3) is 0 Å². The van der Waals surface area contributed by atoms with Crippen molar-refractivity contribution in [1.82, 2.24) is 0 Å². The van der Waals surface area contributed by atoms with E-state index in [0.29, 0.717) is 24.2 Å². The Balaban J connectivity index is 1.74. The summed E-state index contributed by atoms with van der Waals surface area (Å²) in [5.41, 5.74) is 1.21. The normalized spacial score (nSPS) is 14.2. The predicted molar refractivity (Wildman–Crippen MR) is 97.9 cm³/mol. The second kappa shape index (κ2) is 7.00. The molecule has 2 aromatic rings. The van der Waals surface area contributed by atoms with E-state index in [4.69, 9.17) is 4.74 Å². The molecule has 0 aromatic heterocycles. The molecule has 0 radical (unpaired) electrons. The molecule has 0 bridgehead atoms. The van der Waals surface area contributed by atoms with Gasteiger partial charge in [0.2, 0.25) is 11.8 Å². The van der Waals surface area contributed by atoms with Gasteiger partial charge in [0.15, 0.2) is 0 Å². The van der Waals surface area contributed by atoms with Crippen molar-refractivity contribution < 1.29 is 19.1 Å². The van der Waals surface area contributed by atoms with Crippen LogP contribution in [0.1, 0.15) is 28.8 Å². The Kier molecular flexibility index (Phi) is 4.75. The van der Waals surface area contributed by atoms with E-state index in [0.717, 1.165) is 5.56 Å². The van der Waals surface area contributed by atoms with Gasteiger partial charge < -0.3 is 15.4 Å². The molecule has 2 aromatic carbocycles. The van der Waals surface area contributed by atoms with Gasteiger partial charge in [-0.1, -0.05) is 29.8 Å². The third-order valence-electron chi connectivity index (χ3n) is 4.51. The van der Waals surface area contributed by atoms with Crippen LogP contribution in [0.15, 0.2) is 48.5 Å². The van der Waals surface area contributed by atoms with Crippen LogP contribution in [0.25, 0.3) is 0 Å². The van der Waals surface area contributed by atoms with Crippen LogP contribution >= 0.6 is 0 Å². The number of aryl methyl sites for hydroxylation is 1. The van der Waals surface area contributed by atoms with Gasteiger partial charge in [0.1, 0.15) is 5.41 Å². The summed E-state index contributed by atoms with van der Waals surface area (Å²) in [6.07, 6.45) is 0.938. The lowest BCUT2D eigenvalue weighted by Crippen LogP contribution is -2.36. The molecule has 6 heteroatoms. The Morgan fingerprint density at radius 1 is 0.923 bits per heavy atom. The molecule has 26 heavy (non-hydrogen) atoms. The molecule has 6 nitrogen and oxygen atoms in total. The van der Waals surface area contributed by atoms with Gasteiger partial charge in [0, 0.05) is 5.69 Å². The summed E-state index contributed by atoms with van der Waals surface area (Å²) in [4.78, 5) is 37.2. The van der Waals surface area contributed by atoms with E-state index in [2.05, 4.69) is 10.6 Å². The Labute approximate surface area is 151 Å². The number of methoxy groups -OCH3 is 1. The lowest BCUT2D eigenvalue weighted by molar-refractivity contribution is -0.131. The maximum atomic E-state index is 12.7. The van der Waals surface area contributed by atoms with E-state index in [1.165, 1.54) is 7.11 Å². The fourth-order valence-corrected chi connectivity index (χ4v) is 2.69. The molecular formula is C20H20N2O4. The van der Waals surface area contributed by atoms with Crippen LogP contribution in [0.5, 0.6) is 0 Å². The van der Waals surface area contributed by atoms with E-state index in [1.54, 1.807) is 36.4 Å². The quantitative estimate of drug-likeness (QED) is 0.639. The minimum atomic E-state index is -1.10. The second-order valence-electron chi connectivity index (χ2n) is 6.39. The molecule has 0 saturated heterocycles. The summed E-state index contributed by atoms with van der Waals surface area (Å²) < 4.78 is 4.73. The number of para-hydroxylation sites is 1. The molecular weight excluding hydrogens is 332 g/mol.